The van der Waals surface area contributed by atoms with Crippen molar-refractivity contribution in [2.45, 2.75) is 44.8 Å². The zero-order valence-electron chi connectivity index (χ0n) is 18.0. The summed E-state index contributed by atoms with van der Waals surface area (Å²) in [6.07, 6.45) is 4.59. The topological polar surface area (TPSA) is 79.4 Å². The molecular formula is C22H29Cl2N5O2. The van der Waals surface area contributed by atoms with Gasteiger partial charge in [0.15, 0.2) is 0 Å². The van der Waals surface area contributed by atoms with E-state index < -0.39 is 0 Å². The molecule has 3 heterocycles. The van der Waals surface area contributed by atoms with Gasteiger partial charge >= 0.3 is 0 Å². The molecule has 168 valence electrons. The van der Waals surface area contributed by atoms with Crippen molar-refractivity contribution in [3.63, 3.8) is 0 Å². The highest BCUT2D eigenvalue weighted by molar-refractivity contribution is 6.42. The van der Waals surface area contributed by atoms with Crippen LogP contribution in [-0.4, -0.2) is 65.2 Å². The van der Waals surface area contributed by atoms with E-state index >= 15 is 0 Å². The van der Waals surface area contributed by atoms with Crippen molar-refractivity contribution in [3.05, 3.63) is 28.5 Å². The van der Waals surface area contributed by atoms with Crippen LogP contribution in [0.2, 0.25) is 10.0 Å². The number of amides is 1. The maximum absolute atomic E-state index is 12.7. The number of likely N-dealkylation sites (tertiary alicyclic amines) is 1. The number of aromatic nitrogens is 2. The minimum Gasteiger partial charge on any atom is -0.376 e. The van der Waals surface area contributed by atoms with Crippen LogP contribution < -0.4 is 10.6 Å². The highest BCUT2D eigenvalue weighted by atomic mass is 35.5. The third-order valence-electron chi connectivity index (χ3n) is 6.12. The highest BCUT2D eigenvalue weighted by Crippen LogP contribution is 2.30. The first-order valence-electron chi connectivity index (χ1n) is 10.8. The number of anilines is 1. The number of hydrogen-bond donors (Lipinski definition) is 2. The molecule has 1 unspecified atom stereocenters. The van der Waals surface area contributed by atoms with Gasteiger partial charge in [0.05, 0.1) is 27.7 Å². The smallest absolute Gasteiger partial charge is 0.241 e. The number of carbonyl (C=O) groups is 1. The van der Waals surface area contributed by atoms with Crippen molar-refractivity contribution in [3.8, 4) is 0 Å². The van der Waals surface area contributed by atoms with Gasteiger partial charge in [0, 0.05) is 31.1 Å². The standard InChI is InChI=1S/C22H29Cl2N5O2/c1-22(2)9-14(4-6-31-22)10-25-15-3-5-29(12-15)20(30)11-26-21-16-7-17(23)18(24)8-19(16)27-13-28-21/h7-8,13-15,25H,3-6,9-12H2,1-2H3,(H,26,27,28)/t14?,15-/m1/s1. The SMILES string of the molecule is CC1(C)CC(CN[C@@H]2CCN(C(=O)CNc3ncnc4cc(Cl)c(Cl)cc34)C2)CCO1. The number of carbonyl (C=O) groups excluding carboxylic acids is 1. The summed E-state index contributed by atoms with van der Waals surface area (Å²) < 4.78 is 5.81. The van der Waals surface area contributed by atoms with Crippen LogP contribution in [0.15, 0.2) is 18.5 Å². The van der Waals surface area contributed by atoms with Crippen molar-refractivity contribution >= 4 is 45.8 Å². The van der Waals surface area contributed by atoms with Crippen molar-refractivity contribution in [2.24, 2.45) is 5.92 Å². The first kappa shape index (κ1) is 22.5. The Hall–Kier alpha value is -1.67. The van der Waals surface area contributed by atoms with Crippen LogP contribution in [-0.2, 0) is 9.53 Å². The number of nitrogens with one attached hydrogen (secondary N) is 2. The molecule has 0 radical (unpaired) electrons. The molecule has 0 bridgehead atoms. The van der Waals surface area contributed by atoms with Crippen molar-refractivity contribution in [1.29, 1.82) is 0 Å². The van der Waals surface area contributed by atoms with Crippen LogP contribution in [0.25, 0.3) is 10.9 Å². The molecule has 31 heavy (non-hydrogen) atoms. The Kier molecular flexibility index (Phi) is 6.86. The summed E-state index contributed by atoms with van der Waals surface area (Å²) in [4.78, 5) is 23.1. The van der Waals surface area contributed by atoms with Crippen molar-refractivity contribution in [1.82, 2.24) is 20.2 Å². The molecule has 1 amide bonds. The van der Waals surface area contributed by atoms with E-state index in [1.54, 1.807) is 12.1 Å². The van der Waals surface area contributed by atoms with Gasteiger partial charge in [-0.15, -0.1) is 0 Å². The molecule has 7 nitrogen and oxygen atoms in total. The Morgan fingerprint density at radius 2 is 2.06 bits per heavy atom. The summed E-state index contributed by atoms with van der Waals surface area (Å²) in [5, 5.41) is 8.42. The maximum Gasteiger partial charge on any atom is 0.241 e. The Morgan fingerprint density at radius 1 is 1.26 bits per heavy atom. The number of nitrogens with zero attached hydrogens (tertiary/aromatic N) is 3. The minimum absolute atomic E-state index is 0.0331. The van der Waals surface area contributed by atoms with Gasteiger partial charge in [-0.2, -0.15) is 0 Å². The van der Waals surface area contributed by atoms with E-state index in [1.165, 1.54) is 6.33 Å². The predicted octanol–water partition coefficient (Wildman–Crippen LogP) is 3.74. The van der Waals surface area contributed by atoms with Crippen LogP contribution in [0, 0.1) is 5.92 Å². The number of rotatable bonds is 6. The van der Waals surface area contributed by atoms with Crippen LogP contribution in [0.5, 0.6) is 0 Å². The Labute approximate surface area is 192 Å². The predicted molar refractivity (Wildman–Crippen MR) is 124 cm³/mol. The lowest BCUT2D eigenvalue weighted by Gasteiger charge is -2.36. The van der Waals surface area contributed by atoms with Crippen LogP contribution in [0.3, 0.4) is 0 Å². The monoisotopic (exact) mass is 465 g/mol. The third-order valence-corrected chi connectivity index (χ3v) is 6.84. The first-order valence-corrected chi connectivity index (χ1v) is 11.5. The highest BCUT2D eigenvalue weighted by Gasteiger charge is 2.30. The number of halogens is 2. The molecule has 2 saturated heterocycles. The van der Waals surface area contributed by atoms with E-state index in [0.29, 0.717) is 33.3 Å². The van der Waals surface area contributed by atoms with Gasteiger partial charge in [0.2, 0.25) is 5.91 Å². The second kappa shape index (κ2) is 9.45. The van der Waals surface area contributed by atoms with E-state index in [1.807, 2.05) is 4.90 Å². The molecule has 2 aromatic rings. The molecule has 9 heteroatoms. The number of benzene rings is 1. The first-order chi connectivity index (χ1) is 14.8. The molecule has 2 aliphatic heterocycles. The average Bonchev–Trinajstić information content (AvgIpc) is 3.20. The Bertz CT molecular complexity index is 955. The van der Waals surface area contributed by atoms with E-state index in [2.05, 4.69) is 34.4 Å². The Morgan fingerprint density at radius 3 is 2.87 bits per heavy atom. The summed E-state index contributed by atoms with van der Waals surface area (Å²) in [6.45, 7) is 7.80. The molecule has 2 N–H and O–H groups in total. The molecule has 0 spiro atoms. The zero-order valence-corrected chi connectivity index (χ0v) is 19.5. The molecular weight excluding hydrogens is 437 g/mol. The molecule has 4 rings (SSSR count). The molecule has 1 aromatic heterocycles. The molecule has 0 aliphatic carbocycles. The van der Waals surface area contributed by atoms with Crippen molar-refractivity contribution in [2.75, 3.05) is 38.1 Å². The van der Waals surface area contributed by atoms with Gasteiger partial charge in [-0.3, -0.25) is 4.79 Å². The van der Waals surface area contributed by atoms with E-state index in [0.717, 1.165) is 50.9 Å². The fourth-order valence-corrected chi connectivity index (χ4v) is 4.80. The number of fused-ring (bicyclic) bond motifs is 1. The largest absolute Gasteiger partial charge is 0.376 e. The van der Waals surface area contributed by atoms with Gasteiger partial charge in [-0.25, -0.2) is 9.97 Å². The number of ether oxygens (including phenoxy) is 1. The Balaban J connectivity index is 1.27. The molecule has 2 aliphatic rings. The fraction of sp³-hybridized carbons (Fsp3) is 0.591. The normalized spacial score (nSPS) is 23.3. The summed E-state index contributed by atoms with van der Waals surface area (Å²) in [6, 6.07) is 3.76. The lowest BCUT2D eigenvalue weighted by Crippen LogP contribution is -2.42. The van der Waals surface area contributed by atoms with E-state index in [-0.39, 0.29) is 18.1 Å². The van der Waals surface area contributed by atoms with Gasteiger partial charge < -0.3 is 20.3 Å². The summed E-state index contributed by atoms with van der Waals surface area (Å²) >= 11 is 12.2. The summed E-state index contributed by atoms with van der Waals surface area (Å²) in [7, 11) is 0. The average molecular weight is 466 g/mol. The van der Waals surface area contributed by atoms with E-state index in [4.69, 9.17) is 27.9 Å². The summed E-state index contributed by atoms with van der Waals surface area (Å²) in [5.41, 5.74) is 0.648. The maximum atomic E-state index is 12.7. The third kappa shape index (κ3) is 5.58. The second-order valence-electron chi connectivity index (χ2n) is 9.06. The van der Waals surface area contributed by atoms with Crippen molar-refractivity contribution < 1.29 is 9.53 Å². The zero-order chi connectivity index (χ0) is 22.0. The quantitative estimate of drug-likeness (QED) is 0.676. The fourth-order valence-electron chi connectivity index (χ4n) is 4.48. The van der Waals surface area contributed by atoms with Crippen LogP contribution in [0.4, 0.5) is 5.82 Å². The number of hydrogen-bond acceptors (Lipinski definition) is 6. The van der Waals surface area contributed by atoms with Gasteiger partial charge in [-0.05, 0) is 57.7 Å². The minimum atomic E-state index is -0.0331. The lowest BCUT2D eigenvalue weighted by molar-refractivity contribution is -0.128. The van der Waals surface area contributed by atoms with Crippen LogP contribution >= 0.6 is 23.2 Å². The molecule has 0 saturated carbocycles. The molecule has 2 fully saturated rings. The summed E-state index contributed by atoms with van der Waals surface area (Å²) in [5.74, 6) is 1.26. The van der Waals surface area contributed by atoms with Gasteiger partial charge in [-0.1, -0.05) is 23.2 Å². The van der Waals surface area contributed by atoms with Crippen LogP contribution in [0.1, 0.15) is 33.1 Å². The molecule has 2 atom stereocenters. The van der Waals surface area contributed by atoms with Gasteiger partial charge in [0.25, 0.3) is 0 Å². The molecule has 1 aromatic carbocycles. The lowest BCUT2D eigenvalue weighted by atomic mass is 9.88. The van der Waals surface area contributed by atoms with Gasteiger partial charge in [0.1, 0.15) is 12.1 Å². The second-order valence-corrected chi connectivity index (χ2v) is 9.87. The van der Waals surface area contributed by atoms with E-state index in [9.17, 15) is 4.79 Å².